The molecule has 0 aliphatic heterocycles. The van der Waals surface area contributed by atoms with Gasteiger partial charge in [-0.15, -0.1) is 0 Å². The number of rotatable bonds is 10. The first-order valence-corrected chi connectivity index (χ1v) is 10.4. The van der Waals surface area contributed by atoms with Crippen molar-refractivity contribution in [3.8, 4) is 11.5 Å². The van der Waals surface area contributed by atoms with Crippen molar-refractivity contribution in [2.75, 3.05) is 19.8 Å². The average Bonchev–Trinajstić information content (AvgIpc) is 2.71. The summed E-state index contributed by atoms with van der Waals surface area (Å²) in [6.07, 6.45) is -2.10. The van der Waals surface area contributed by atoms with Crippen molar-refractivity contribution < 1.29 is 31.8 Å². The lowest BCUT2D eigenvalue weighted by molar-refractivity contribution is -0.137. The van der Waals surface area contributed by atoms with E-state index >= 15 is 0 Å². The van der Waals surface area contributed by atoms with Gasteiger partial charge in [0.1, 0.15) is 16.8 Å². The number of ether oxygens (including phenoxy) is 2. The van der Waals surface area contributed by atoms with Crippen LogP contribution in [0.25, 0.3) is 0 Å². The normalized spacial score (nSPS) is 11.1. The number of amides is 1. The molecule has 2 aromatic carbocycles. The molecule has 0 fully saturated rings. The minimum Gasteiger partial charge on any atom is -0.489 e. The van der Waals surface area contributed by atoms with Crippen molar-refractivity contribution in [1.29, 1.82) is 0 Å². The van der Waals surface area contributed by atoms with Gasteiger partial charge < -0.3 is 14.8 Å². The second-order valence-electron chi connectivity index (χ2n) is 6.41. The number of alkyl halides is 3. The van der Waals surface area contributed by atoms with E-state index in [0.29, 0.717) is 12.8 Å². The molecule has 0 aromatic heterocycles. The van der Waals surface area contributed by atoms with E-state index in [1.807, 2.05) is 0 Å². The first kappa shape index (κ1) is 26.1. The smallest absolute Gasteiger partial charge is 0.416 e. The molecule has 1 amide bonds. The molecule has 1 N–H and O–H groups in total. The van der Waals surface area contributed by atoms with Crippen molar-refractivity contribution in [3.05, 3.63) is 68.9 Å². The number of carbonyl (C=O) groups excluding carboxylic acids is 1. The summed E-state index contributed by atoms with van der Waals surface area (Å²) in [7, 11) is 0. The molecule has 0 atom stereocenters. The fourth-order valence-corrected chi connectivity index (χ4v) is 2.85. The number of carbonyl (C=O) groups is 1. The number of halogens is 7. The molecule has 0 radical (unpaired) electrons. The highest BCUT2D eigenvalue weighted by molar-refractivity contribution is 6.55. The zero-order valence-corrected chi connectivity index (χ0v) is 18.7. The van der Waals surface area contributed by atoms with E-state index in [4.69, 9.17) is 44.3 Å². The number of hydrogen-bond acceptors (Lipinski definition) is 3. The SMILES string of the molecule is O=C(NCCCCOc1c(F)cc(OCC=C(Cl)Cl)cc1Cl)c1ccc(C(F)(F)F)cc1. The third-order valence-corrected chi connectivity index (χ3v) is 4.63. The van der Waals surface area contributed by atoms with Crippen molar-refractivity contribution in [3.63, 3.8) is 0 Å². The zero-order valence-electron chi connectivity index (χ0n) is 16.4. The summed E-state index contributed by atoms with van der Waals surface area (Å²) in [6, 6.07) is 6.42. The van der Waals surface area contributed by atoms with Gasteiger partial charge in [-0.05, 0) is 43.2 Å². The quantitative estimate of drug-likeness (QED) is 0.281. The van der Waals surface area contributed by atoms with E-state index in [1.54, 1.807) is 0 Å². The Kier molecular flexibility index (Phi) is 9.93. The molecule has 0 saturated heterocycles. The molecule has 0 bridgehead atoms. The lowest BCUT2D eigenvalue weighted by atomic mass is 10.1. The van der Waals surface area contributed by atoms with E-state index in [0.717, 1.165) is 30.3 Å². The molecule has 174 valence electrons. The molecule has 32 heavy (non-hydrogen) atoms. The molecule has 2 aromatic rings. The molecule has 0 heterocycles. The molecular weight excluding hydrogens is 497 g/mol. The average molecular weight is 515 g/mol. The van der Waals surface area contributed by atoms with Gasteiger partial charge in [-0.1, -0.05) is 34.8 Å². The number of benzene rings is 2. The van der Waals surface area contributed by atoms with Crippen molar-refractivity contribution in [1.82, 2.24) is 5.32 Å². The minimum atomic E-state index is -4.46. The van der Waals surface area contributed by atoms with Crippen molar-refractivity contribution >= 4 is 40.7 Å². The van der Waals surface area contributed by atoms with Crippen LogP contribution < -0.4 is 14.8 Å². The Bertz CT molecular complexity index is 923. The van der Waals surface area contributed by atoms with Crippen LogP contribution in [-0.4, -0.2) is 25.7 Å². The van der Waals surface area contributed by atoms with E-state index in [-0.39, 0.29) is 46.3 Å². The summed E-state index contributed by atoms with van der Waals surface area (Å²) in [5, 5.41) is 2.62. The Balaban J connectivity index is 1.73. The molecule has 0 aliphatic rings. The van der Waals surface area contributed by atoms with Crippen LogP contribution in [0.2, 0.25) is 5.02 Å². The minimum absolute atomic E-state index is 0.0204. The lowest BCUT2D eigenvalue weighted by Gasteiger charge is -2.12. The van der Waals surface area contributed by atoms with Gasteiger partial charge in [-0.25, -0.2) is 4.39 Å². The molecule has 0 unspecified atom stereocenters. The fourth-order valence-electron chi connectivity index (χ4n) is 2.47. The van der Waals surface area contributed by atoms with Gasteiger partial charge in [0.2, 0.25) is 0 Å². The molecule has 4 nitrogen and oxygen atoms in total. The van der Waals surface area contributed by atoms with Crippen LogP contribution in [-0.2, 0) is 6.18 Å². The first-order chi connectivity index (χ1) is 15.1. The van der Waals surface area contributed by atoms with Crippen LogP contribution in [0.15, 0.2) is 47.0 Å². The topological polar surface area (TPSA) is 47.6 Å². The number of unbranched alkanes of at least 4 members (excludes halogenated alkanes) is 1. The highest BCUT2D eigenvalue weighted by atomic mass is 35.5. The van der Waals surface area contributed by atoms with Crippen LogP contribution in [0.3, 0.4) is 0 Å². The third kappa shape index (κ3) is 8.41. The highest BCUT2D eigenvalue weighted by Gasteiger charge is 2.30. The van der Waals surface area contributed by atoms with E-state index in [9.17, 15) is 22.4 Å². The Hall–Kier alpha value is -2.16. The molecular formula is C21H18Cl3F4NO3. The van der Waals surface area contributed by atoms with E-state index < -0.39 is 23.5 Å². The van der Waals surface area contributed by atoms with E-state index in [1.165, 1.54) is 12.1 Å². The van der Waals surface area contributed by atoms with Gasteiger partial charge in [-0.3, -0.25) is 4.79 Å². The van der Waals surface area contributed by atoms with Crippen LogP contribution >= 0.6 is 34.8 Å². The summed E-state index contributed by atoms with van der Waals surface area (Å²) < 4.78 is 62.5. The standard InChI is InChI=1S/C21H18Cl3F4NO3/c22-16-11-15(31-10-7-18(23)24)12-17(25)19(16)32-9-2-1-8-29-20(30)13-3-5-14(6-4-13)21(26,27)28/h3-7,11-12H,1-2,8-10H2,(H,29,30). The maximum absolute atomic E-state index is 14.2. The molecule has 2 rings (SSSR count). The number of nitrogens with one attached hydrogen (secondary N) is 1. The second kappa shape index (κ2) is 12.2. The number of hydrogen-bond donors (Lipinski definition) is 1. The van der Waals surface area contributed by atoms with Gasteiger partial charge in [0, 0.05) is 24.2 Å². The Morgan fingerprint density at radius 2 is 1.75 bits per heavy atom. The van der Waals surface area contributed by atoms with Crippen molar-refractivity contribution in [2.45, 2.75) is 19.0 Å². The van der Waals surface area contributed by atoms with Gasteiger partial charge in [0.15, 0.2) is 11.6 Å². The van der Waals surface area contributed by atoms with Crippen LogP contribution in [0.1, 0.15) is 28.8 Å². The predicted octanol–water partition coefficient (Wildman–Crippen LogP) is 6.78. The van der Waals surface area contributed by atoms with Crippen LogP contribution in [0.5, 0.6) is 11.5 Å². The first-order valence-electron chi connectivity index (χ1n) is 9.29. The van der Waals surface area contributed by atoms with Gasteiger partial charge >= 0.3 is 6.18 Å². The van der Waals surface area contributed by atoms with Gasteiger partial charge in [-0.2, -0.15) is 13.2 Å². The second-order valence-corrected chi connectivity index (χ2v) is 7.82. The third-order valence-electron chi connectivity index (χ3n) is 4.04. The summed E-state index contributed by atoms with van der Waals surface area (Å²) in [5.41, 5.74) is -0.706. The Morgan fingerprint density at radius 3 is 2.34 bits per heavy atom. The zero-order chi connectivity index (χ0) is 23.7. The lowest BCUT2D eigenvalue weighted by Crippen LogP contribution is -2.24. The van der Waals surface area contributed by atoms with Crippen molar-refractivity contribution in [2.24, 2.45) is 0 Å². The summed E-state index contributed by atoms with van der Waals surface area (Å²) in [5.74, 6) is -1.14. The monoisotopic (exact) mass is 513 g/mol. The molecule has 0 saturated carbocycles. The predicted molar refractivity (Wildman–Crippen MR) is 115 cm³/mol. The van der Waals surface area contributed by atoms with Gasteiger partial charge in [0.25, 0.3) is 5.91 Å². The summed E-state index contributed by atoms with van der Waals surface area (Å²) in [6.45, 7) is 0.441. The maximum atomic E-state index is 14.2. The van der Waals surface area contributed by atoms with Gasteiger partial charge in [0.05, 0.1) is 17.2 Å². The van der Waals surface area contributed by atoms with Crippen LogP contribution in [0, 0.1) is 5.82 Å². The largest absolute Gasteiger partial charge is 0.489 e. The molecule has 11 heteroatoms. The highest BCUT2D eigenvalue weighted by Crippen LogP contribution is 2.33. The summed E-state index contributed by atoms with van der Waals surface area (Å²) >= 11 is 16.9. The Labute approximate surface area is 197 Å². The maximum Gasteiger partial charge on any atom is 0.416 e. The van der Waals surface area contributed by atoms with E-state index in [2.05, 4.69) is 5.32 Å². The molecule has 0 aliphatic carbocycles. The summed E-state index contributed by atoms with van der Waals surface area (Å²) in [4.78, 5) is 12.0. The fraction of sp³-hybridized carbons (Fsp3) is 0.286. The van der Waals surface area contributed by atoms with Crippen LogP contribution in [0.4, 0.5) is 17.6 Å². The molecule has 0 spiro atoms. The Morgan fingerprint density at radius 1 is 1.06 bits per heavy atom.